The van der Waals surface area contributed by atoms with E-state index in [1.807, 2.05) is 41.0 Å². The molecule has 0 radical (unpaired) electrons. The van der Waals surface area contributed by atoms with Crippen molar-refractivity contribution in [3.05, 3.63) is 93.6 Å². The lowest BCUT2D eigenvalue weighted by molar-refractivity contribution is 0.287. The summed E-state index contributed by atoms with van der Waals surface area (Å²) in [4.78, 5) is 0. The number of rotatable bonds is 8. The molecule has 2 aromatic heterocycles. The summed E-state index contributed by atoms with van der Waals surface area (Å²) in [6.45, 7) is 0.843. The quantitative estimate of drug-likeness (QED) is 0.275. The number of furan rings is 1. The number of hydrogen-bond acceptors (Lipinski definition) is 5. The predicted octanol–water partition coefficient (Wildman–Crippen LogP) is 6.21. The number of ether oxygens (including phenoxy) is 1. The zero-order valence-electron chi connectivity index (χ0n) is 15.3. The molecule has 29 heavy (non-hydrogen) atoms. The van der Waals surface area contributed by atoms with Gasteiger partial charge in [0.1, 0.15) is 18.1 Å². The molecule has 0 aliphatic carbocycles. The smallest absolute Gasteiger partial charge is 0.192 e. The molecular formula is C21H17BrClN3O2S. The van der Waals surface area contributed by atoms with Crippen LogP contribution < -0.4 is 4.74 Å². The third kappa shape index (κ3) is 5.44. The molecule has 0 saturated carbocycles. The van der Waals surface area contributed by atoms with Gasteiger partial charge in [0.25, 0.3) is 0 Å². The van der Waals surface area contributed by atoms with Gasteiger partial charge in [0.15, 0.2) is 11.0 Å². The Morgan fingerprint density at radius 2 is 1.83 bits per heavy atom. The van der Waals surface area contributed by atoms with Crippen LogP contribution in [0.5, 0.6) is 5.75 Å². The van der Waals surface area contributed by atoms with Crippen molar-refractivity contribution in [2.75, 3.05) is 0 Å². The zero-order chi connectivity index (χ0) is 20.1. The highest BCUT2D eigenvalue weighted by Gasteiger charge is 2.15. The highest BCUT2D eigenvalue weighted by molar-refractivity contribution is 9.10. The maximum atomic E-state index is 5.93. The van der Waals surface area contributed by atoms with Crippen molar-refractivity contribution in [2.45, 2.75) is 24.1 Å². The van der Waals surface area contributed by atoms with Gasteiger partial charge in [-0.3, -0.25) is 4.57 Å². The summed E-state index contributed by atoms with van der Waals surface area (Å²) < 4.78 is 14.5. The van der Waals surface area contributed by atoms with Crippen LogP contribution in [0.15, 0.2) is 81.0 Å². The van der Waals surface area contributed by atoms with Crippen molar-refractivity contribution in [3.8, 4) is 5.75 Å². The van der Waals surface area contributed by atoms with Crippen molar-refractivity contribution in [1.29, 1.82) is 0 Å². The molecule has 0 saturated heterocycles. The molecule has 2 heterocycles. The van der Waals surface area contributed by atoms with E-state index < -0.39 is 0 Å². The van der Waals surface area contributed by atoms with Gasteiger partial charge >= 0.3 is 0 Å². The summed E-state index contributed by atoms with van der Waals surface area (Å²) in [7, 11) is 0. The molecule has 2 aromatic carbocycles. The summed E-state index contributed by atoms with van der Waals surface area (Å²) in [5.74, 6) is 3.09. The Kier molecular flexibility index (Phi) is 6.59. The van der Waals surface area contributed by atoms with E-state index in [4.69, 9.17) is 20.8 Å². The molecule has 0 spiro atoms. The largest absolute Gasteiger partial charge is 0.486 e. The molecular weight excluding hydrogens is 474 g/mol. The number of aromatic nitrogens is 3. The Morgan fingerprint density at radius 3 is 2.55 bits per heavy atom. The van der Waals surface area contributed by atoms with E-state index in [-0.39, 0.29) is 0 Å². The highest BCUT2D eigenvalue weighted by atomic mass is 79.9. The first-order chi connectivity index (χ1) is 14.2. The van der Waals surface area contributed by atoms with Crippen LogP contribution in [0, 0.1) is 0 Å². The molecule has 0 fully saturated rings. The third-order valence-corrected chi connectivity index (χ3v) is 5.97. The Balaban J connectivity index is 1.50. The molecule has 0 amide bonds. The SMILES string of the molecule is Clc1ccc(OCc2nnc(SCc3ccc(Br)cc3)n2Cc2ccco2)cc1. The molecule has 0 unspecified atom stereocenters. The number of nitrogens with zero attached hydrogens (tertiary/aromatic N) is 3. The number of thioether (sulfide) groups is 1. The van der Waals surface area contributed by atoms with Gasteiger partial charge in [0.2, 0.25) is 0 Å². The fourth-order valence-electron chi connectivity index (χ4n) is 2.66. The fourth-order valence-corrected chi connectivity index (χ4v) is 3.96. The second-order valence-electron chi connectivity index (χ2n) is 6.22. The number of benzene rings is 2. The first kappa shape index (κ1) is 20.1. The molecule has 0 aliphatic heterocycles. The number of hydrogen-bond donors (Lipinski definition) is 0. The lowest BCUT2D eigenvalue weighted by Crippen LogP contribution is -2.09. The predicted molar refractivity (Wildman–Crippen MR) is 117 cm³/mol. The Hall–Kier alpha value is -2.22. The third-order valence-electron chi connectivity index (χ3n) is 4.15. The van der Waals surface area contributed by atoms with Gasteiger partial charge < -0.3 is 9.15 Å². The average Bonchev–Trinajstić information content (AvgIpc) is 3.38. The van der Waals surface area contributed by atoms with Crippen molar-refractivity contribution >= 4 is 39.3 Å². The lowest BCUT2D eigenvalue weighted by Gasteiger charge is -2.10. The van der Waals surface area contributed by atoms with Gasteiger partial charge in [0, 0.05) is 15.2 Å². The van der Waals surface area contributed by atoms with Gasteiger partial charge in [-0.1, -0.05) is 51.4 Å². The van der Waals surface area contributed by atoms with E-state index in [1.165, 1.54) is 5.56 Å². The second-order valence-corrected chi connectivity index (χ2v) is 8.52. The maximum Gasteiger partial charge on any atom is 0.192 e. The van der Waals surface area contributed by atoms with Crippen molar-refractivity contribution in [2.24, 2.45) is 0 Å². The summed E-state index contributed by atoms with van der Waals surface area (Å²) >= 11 is 11.0. The van der Waals surface area contributed by atoms with Crippen molar-refractivity contribution in [1.82, 2.24) is 14.8 Å². The van der Waals surface area contributed by atoms with E-state index in [0.717, 1.165) is 32.7 Å². The minimum atomic E-state index is 0.300. The van der Waals surface area contributed by atoms with E-state index in [0.29, 0.717) is 18.2 Å². The topological polar surface area (TPSA) is 53.1 Å². The van der Waals surface area contributed by atoms with Gasteiger partial charge in [-0.15, -0.1) is 10.2 Å². The summed E-state index contributed by atoms with van der Waals surface area (Å²) in [6, 6.07) is 19.3. The van der Waals surface area contributed by atoms with Gasteiger partial charge in [-0.2, -0.15) is 0 Å². The summed E-state index contributed by atoms with van der Waals surface area (Å²) in [5, 5.41) is 10.2. The van der Waals surface area contributed by atoms with Crippen LogP contribution in [-0.4, -0.2) is 14.8 Å². The molecule has 0 N–H and O–H groups in total. The van der Waals surface area contributed by atoms with Crippen LogP contribution in [0.25, 0.3) is 0 Å². The molecule has 0 atom stereocenters. The Labute approximate surface area is 186 Å². The fraction of sp³-hybridized carbons (Fsp3) is 0.143. The first-order valence-corrected chi connectivity index (χ1v) is 11.0. The molecule has 4 aromatic rings. The lowest BCUT2D eigenvalue weighted by atomic mass is 10.2. The Bertz CT molecular complexity index is 984. The van der Waals surface area contributed by atoms with Crippen LogP contribution in [0.2, 0.25) is 5.02 Å². The molecule has 0 bridgehead atoms. The molecule has 0 aliphatic rings. The van der Waals surface area contributed by atoms with Crippen molar-refractivity contribution in [3.63, 3.8) is 0 Å². The van der Waals surface area contributed by atoms with Crippen LogP contribution in [0.1, 0.15) is 17.1 Å². The first-order valence-electron chi connectivity index (χ1n) is 8.87. The standard InChI is InChI=1S/C21H17BrClN3O2S/c22-16-5-3-15(4-6-16)14-29-21-25-24-20(26(21)12-19-2-1-11-27-19)13-28-18-9-7-17(23)8-10-18/h1-11H,12-14H2. The second kappa shape index (κ2) is 9.52. The van der Waals surface area contributed by atoms with E-state index in [2.05, 4.69) is 38.3 Å². The van der Waals surface area contributed by atoms with Crippen LogP contribution in [-0.2, 0) is 18.9 Å². The average molecular weight is 491 g/mol. The Morgan fingerprint density at radius 1 is 1.03 bits per heavy atom. The summed E-state index contributed by atoms with van der Waals surface area (Å²) in [5.41, 5.74) is 1.21. The van der Waals surface area contributed by atoms with Gasteiger partial charge in [-0.05, 0) is 54.1 Å². The number of halogens is 2. The minimum absolute atomic E-state index is 0.300. The highest BCUT2D eigenvalue weighted by Crippen LogP contribution is 2.25. The van der Waals surface area contributed by atoms with E-state index in [1.54, 1.807) is 30.2 Å². The zero-order valence-corrected chi connectivity index (χ0v) is 18.5. The van der Waals surface area contributed by atoms with Crippen molar-refractivity contribution < 1.29 is 9.15 Å². The molecule has 148 valence electrons. The summed E-state index contributed by atoms with van der Waals surface area (Å²) in [6.07, 6.45) is 1.66. The van der Waals surface area contributed by atoms with E-state index >= 15 is 0 Å². The van der Waals surface area contributed by atoms with Gasteiger partial charge in [0.05, 0.1) is 12.8 Å². The molecule has 5 nitrogen and oxygen atoms in total. The van der Waals surface area contributed by atoms with Crippen LogP contribution in [0.3, 0.4) is 0 Å². The molecule has 4 rings (SSSR count). The molecule has 8 heteroatoms. The van der Waals surface area contributed by atoms with Crippen LogP contribution in [0.4, 0.5) is 0 Å². The minimum Gasteiger partial charge on any atom is -0.486 e. The van der Waals surface area contributed by atoms with Gasteiger partial charge in [-0.25, -0.2) is 0 Å². The maximum absolute atomic E-state index is 5.93. The van der Waals surface area contributed by atoms with E-state index in [9.17, 15) is 0 Å². The van der Waals surface area contributed by atoms with Crippen LogP contribution >= 0.6 is 39.3 Å². The normalized spacial score (nSPS) is 11.0. The monoisotopic (exact) mass is 489 g/mol.